The van der Waals surface area contributed by atoms with Gasteiger partial charge >= 0.3 is 0 Å². The van der Waals surface area contributed by atoms with Crippen LogP contribution in [0.1, 0.15) is 24.4 Å². The Morgan fingerprint density at radius 2 is 1.97 bits per heavy atom. The summed E-state index contributed by atoms with van der Waals surface area (Å²) < 4.78 is 17.1. The van der Waals surface area contributed by atoms with Crippen molar-refractivity contribution in [2.24, 2.45) is 5.92 Å². The highest BCUT2D eigenvalue weighted by atomic mass is 19.1. The van der Waals surface area contributed by atoms with Crippen LogP contribution in [0.5, 0.6) is 0 Å². The number of benzene rings is 1. The van der Waals surface area contributed by atoms with E-state index in [2.05, 4.69) is 26.0 Å². The minimum absolute atomic E-state index is 0.0962. The van der Waals surface area contributed by atoms with Gasteiger partial charge in [0.15, 0.2) is 5.82 Å². The van der Waals surface area contributed by atoms with Crippen LogP contribution in [0.15, 0.2) is 41.5 Å². The first kappa shape index (κ1) is 18.7. The van der Waals surface area contributed by atoms with Crippen LogP contribution in [-0.2, 0) is 6.54 Å². The third-order valence-electron chi connectivity index (χ3n) is 5.95. The van der Waals surface area contributed by atoms with Crippen molar-refractivity contribution in [1.29, 1.82) is 0 Å². The molecule has 0 bridgehead atoms. The SMILES string of the molecule is Cc1cc2c(N3CCC(Cn4c(C)nc5cc(F)ccc5c4=O)CC3)nccn2n1. The first-order chi connectivity index (χ1) is 14.5. The Bertz CT molecular complexity index is 1300. The maximum Gasteiger partial charge on any atom is 0.261 e. The number of hydrogen-bond donors (Lipinski definition) is 0. The van der Waals surface area contributed by atoms with E-state index in [0.717, 1.165) is 43.0 Å². The predicted molar refractivity (Wildman–Crippen MR) is 113 cm³/mol. The Labute approximate surface area is 172 Å². The number of halogens is 1. The molecule has 154 valence electrons. The summed E-state index contributed by atoms with van der Waals surface area (Å²) in [5, 5.41) is 4.93. The van der Waals surface area contributed by atoms with Gasteiger partial charge in [0.05, 0.1) is 16.6 Å². The van der Waals surface area contributed by atoms with Crippen LogP contribution in [0.3, 0.4) is 0 Å². The molecule has 0 radical (unpaired) electrons. The van der Waals surface area contributed by atoms with Crippen LogP contribution in [0, 0.1) is 25.6 Å². The standard InChI is InChI=1S/C22H23FN6O/c1-14-11-20-21(24-7-10-29(20)26-14)27-8-5-16(6-9-27)13-28-15(2)25-19-12-17(23)3-4-18(19)22(28)30/h3-4,7,10-12,16H,5-6,8-9,13H2,1-2H3. The summed E-state index contributed by atoms with van der Waals surface area (Å²) in [6.45, 7) is 6.17. The van der Waals surface area contributed by atoms with Gasteiger partial charge in [0.2, 0.25) is 0 Å². The van der Waals surface area contributed by atoms with Crippen molar-refractivity contribution in [3.05, 3.63) is 64.3 Å². The van der Waals surface area contributed by atoms with E-state index >= 15 is 0 Å². The van der Waals surface area contributed by atoms with Gasteiger partial charge in [-0.25, -0.2) is 18.9 Å². The number of aromatic nitrogens is 5. The number of rotatable bonds is 3. The summed E-state index contributed by atoms with van der Waals surface area (Å²) in [5.41, 5.74) is 2.31. The van der Waals surface area contributed by atoms with Crippen LogP contribution in [0.2, 0.25) is 0 Å². The molecule has 1 aliphatic rings. The number of nitrogens with zero attached hydrogens (tertiary/aromatic N) is 6. The Kier molecular flexibility index (Phi) is 4.49. The van der Waals surface area contributed by atoms with Gasteiger partial charge < -0.3 is 4.90 Å². The zero-order valence-corrected chi connectivity index (χ0v) is 17.0. The summed E-state index contributed by atoms with van der Waals surface area (Å²) in [6.07, 6.45) is 5.58. The Balaban J connectivity index is 1.35. The number of aryl methyl sites for hydroxylation is 2. The molecule has 0 saturated carbocycles. The van der Waals surface area contributed by atoms with Gasteiger partial charge in [-0.3, -0.25) is 9.36 Å². The van der Waals surface area contributed by atoms with Crippen LogP contribution in [0.25, 0.3) is 16.4 Å². The summed E-state index contributed by atoms with van der Waals surface area (Å²) in [5.74, 6) is 1.58. The second-order valence-corrected chi connectivity index (χ2v) is 8.03. The fourth-order valence-corrected chi connectivity index (χ4v) is 4.38. The molecule has 5 rings (SSSR count). The number of piperidine rings is 1. The molecule has 0 aliphatic carbocycles. The maximum absolute atomic E-state index is 13.5. The van der Waals surface area contributed by atoms with Gasteiger partial charge in [0.25, 0.3) is 5.56 Å². The largest absolute Gasteiger partial charge is 0.355 e. The third-order valence-corrected chi connectivity index (χ3v) is 5.95. The molecule has 0 spiro atoms. The van der Waals surface area contributed by atoms with Crippen LogP contribution in [-0.4, -0.2) is 37.2 Å². The second kappa shape index (κ2) is 7.19. The van der Waals surface area contributed by atoms with E-state index in [4.69, 9.17) is 0 Å². The van der Waals surface area contributed by atoms with Gasteiger partial charge in [0.1, 0.15) is 17.2 Å². The zero-order chi connectivity index (χ0) is 20.8. The first-order valence-electron chi connectivity index (χ1n) is 10.2. The molecule has 1 saturated heterocycles. The van der Waals surface area contributed by atoms with Crippen LogP contribution < -0.4 is 10.5 Å². The van der Waals surface area contributed by atoms with Gasteiger partial charge in [-0.1, -0.05) is 0 Å². The molecule has 30 heavy (non-hydrogen) atoms. The molecule has 1 fully saturated rings. The van der Waals surface area contributed by atoms with E-state index in [1.807, 2.05) is 24.6 Å². The molecule has 1 aliphatic heterocycles. The highest BCUT2D eigenvalue weighted by Crippen LogP contribution is 2.26. The molecule has 0 amide bonds. The van der Waals surface area contributed by atoms with E-state index in [0.29, 0.717) is 29.2 Å². The lowest BCUT2D eigenvalue weighted by molar-refractivity contribution is 0.348. The van der Waals surface area contributed by atoms with E-state index in [1.165, 1.54) is 18.2 Å². The Hall–Kier alpha value is -3.29. The van der Waals surface area contributed by atoms with E-state index in [9.17, 15) is 9.18 Å². The van der Waals surface area contributed by atoms with E-state index in [1.54, 1.807) is 10.8 Å². The molecule has 0 unspecified atom stereocenters. The van der Waals surface area contributed by atoms with Crippen molar-refractivity contribution in [3.8, 4) is 0 Å². The molecule has 0 N–H and O–H groups in total. The molecular weight excluding hydrogens is 383 g/mol. The molecule has 7 nitrogen and oxygen atoms in total. The summed E-state index contributed by atoms with van der Waals surface area (Å²) in [7, 11) is 0. The molecule has 3 aromatic heterocycles. The molecule has 4 aromatic rings. The quantitative estimate of drug-likeness (QED) is 0.523. The molecule has 0 atom stereocenters. The average Bonchev–Trinajstić information content (AvgIpc) is 3.11. The van der Waals surface area contributed by atoms with Gasteiger partial charge in [-0.2, -0.15) is 5.10 Å². The normalized spacial score (nSPS) is 15.4. The van der Waals surface area contributed by atoms with E-state index < -0.39 is 0 Å². The lowest BCUT2D eigenvalue weighted by Gasteiger charge is -2.33. The lowest BCUT2D eigenvalue weighted by atomic mass is 9.96. The minimum atomic E-state index is -0.379. The summed E-state index contributed by atoms with van der Waals surface area (Å²) in [6, 6.07) is 6.22. The monoisotopic (exact) mass is 406 g/mol. The summed E-state index contributed by atoms with van der Waals surface area (Å²) in [4.78, 5) is 24.3. The number of anilines is 1. The fourth-order valence-electron chi connectivity index (χ4n) is 4.38. The van der Waals surface area contributed by atoms with Crippen molar-refractivity contribution < 1.29 is 4.39 Å². The molecule has 1 aromatic carbocycles. The Morgan fingerprint density at radius 3 is 2.77 bits per heavy atom. The highest BCUT2D eigenvalue weighted by Gasteiger charge is 2.23. The van der Waals surface area contributed by atoms with Crippen molar-refractivity contribution in [3.63, 3.8) is 0 Å². The summed E-state index contributed by atoms with van der Waals surface area (Å²) >= 11 is 0. The second-order valence-electron chi connectivity index (χ2n) is 8.03. The van der Waals surface area contributed by atoms with Crippen molar-refractivity contribution in [1.82, 2.24) is 24.1 Å². The predicted octanol–water partition coefficient (Wildman–Crippen LogP) is 3.11. The number of fused-ring (bicyclic) bond motifs is 2. The van der Waals surface area contributed by atoms with Crippen LogP contribution >= 0.6 is 0 Å². The lowest BCUT2D eigenvalue weighted by Crippen LogP contribution is -2.37. The Morgan fingerprint density at radius 1 is 1.17 bits per heavy atom. The zero-order valence-electron chi connectivity index (χ0n) is 17.0. The third kappa shape index (κ3) is 3.22. The number of hydrogen-bond acceptors (Lipinski definition) is 5. The van der Waals surface area contributed by atoms with Crippen molar-refractivity contribution in [2.75, 3.05) is 18.0 Å². The molecule has 8 heteroatoms. The van der Waals surface area contributed by atoms with Gasteiger partial charge in [0, 0.05) is 38.1 Å². The molecule has 4 heterocycles. The highest BCUT2D eigenvalue weighted by molar-refractivity contribution is 5.77. The average molecular weight is 406 g/mol. The maximum atomic E-state index is 13.5. The van der Waals surface area contributed by atoms with Crippen LogP contribution in [0.4, 0.5) is 10.2 Å². The van der Waals surface area contributed by atoms with Gasteiger partial charge in [-0.05, 0) is 50.8 Å². The van der Waals surface area contributed by atoms with Crippen molar-refractivity contribution in [2.45, 2.75) is 33.2 Å². The molecular formula is C22H23FN6O. The first-order valence-corrected chi connectivity index (χ1v) is 10.2. The minimum Gasteiger partial charge on any atom is -0.355 e. The topological polar surface area (TPSA) is 68.3 Å². The van der Waals surface area contributed by atoms with Crippen molar-refractivity contribution >= 4 is 22.2 Å². The fraction of sp³-hybridized carbons (Fsp3) is 0.364. The smallest absolute Gasteiger partial charge is 0.261 e. The van der Waals surface area contributed by atoms with Gasteiger partial charge in [-0.15, -0.1) is 0 Å². The van der Waals surface area contributed by atoms with E-state index in [-0.39, 0.29) is 11.4 Å².